The van der Waals surface area contributed by atoms with Gasteiger partial charge in [-0.1, -0.05) is 47.5 Å². The van der Waals surface area contributed by atoms with E-state index in [2.05, 4.69) is 24.4 Å². The van der Waals surface area contributed by atoms with E-state index < -0.39 is 6.10 Å². The molecule has 0 saturated heterocycles. The predicted octanol–water partition coefficient (Wildman–Crippen LogP) is 4.17. The molecule has 0 amide bonds. The molecule has 0 spiro atoms. The monoisotopic (exact) mass is 323 g/mol. The minimum atomic E-state index is -0.659. The Morgan fingerprint density at radius 2 is 1.90 bits per heavy atom. The van der Waals surface area contributed by atoms with Gasteiger partial charge in [-0.15, -0.1) is 0 Å². The number of nitrogens with one attached hydrogen (secondary N) is 1. The van der Waals surface area contributed by atoms with E-state index in [1.807, 2.05) is 12.1 Å². The zero-order chi connectivity index (χ0) is 15.2. The highest BCUT2D eigenvalue weighted by Crippen LogP contribution is 2.25. The lowest BCUT2D eigenvalue weighted by molar-refractivity contribution is 0.175. The van der Waals surface area contributed by atoms with E-state index in [0.29, 0.717) is 22.2 Å². The molecule has 0 fully saturated rings. The normalized spacial score (nSPS) is 12.4. The summed E-state index contributed by atoms with van der Waals surface area (Å²) in [5.41, 5.74) is 3.27. The maximum Gasteiger partial charge on any atom is 0.0929 e. The Morgan fingerprint density at radius 1 is 1.14 bits per heavy atom. The molecule has 4 heteroatoms. The van der Waals surface area contributed by atoms with Crippen molar-refractivity contribution in [2.75, 3.05) is 13.1 Å². The van der Waals surface area contributed by atoms with Gasteiger partial charge in [0.1, 0.15) is 0 Å². The minimum Gasteiger partial charge on any atom is -0.387 e. The highest BCUT2D eigenvalue weighted by atomic mass is 35.5. The van der Waals surface area contributed by atoms with E-state index >= 15 is 0 Å². The fraction of sp³-hybridized carbons (Fsp3) is 0.294. The molecule has 0 saturated carbocycles. The van der Waals surface area contributed by atoms with Gasteiger partial charge in [0.15, 0.2) is 0 Å². The highest BCUT2D eigenvalue weighted by molar-refractivity contribution is 6.33. The van der Waals surface area contributed by atoms with Gasteiger partial charge in [-0.3, -0.25) is 0 Å². The molecule has 2 aromatic rings. The van der Waals surface area contributed by atoms with Crippen molar-refractivity contribution < 1.29 is 5.11 Å². The fourth-order valence-corrected chi connectivity index (χ4v) is 2.66. The SMILES string of the molecule is Cc1ccccc1CCNCC(O)c1cc(Cl)ccc1Cl. The summed E-state index contributed by atoms with van der Waals surface area (Å²) in [7, 11) is 0. The van der Waals surface area contributed by atoms with Gasteiger partial charge in [0.25, 0.3) is 0 Å². The largest absolute Gasteiger partial charge is 0.387 e. The Balaban J connectivity index is 1.83. The number of aliphatic hydroxyl groups excluding tert-OH is 1. The molecule has 2 N–H and O–H groups in total. The van der Waals surface area contributed by atoms with Crippen LogP contribution in [0, 0.1) is 6.92 Å². The second-order valence-corrected chi connectivity index (χ2v) is 5.91. The number of halogens is 2. The average molecular weight is 324 g/mol. The van der Waals surface area contributed by atoms with Crippen LogP contribution in [0.25, 0.3) is 0 Å². The van der Waals surface area contributed by atoms with Gasteiger partial charge in [0, 0.05) is 22.2 Å². The van der Waals surface area contributed by atoms with E-state index in [1.54, 1.807) is 18.2 Å². The van der Waals surface area contributed by atoms with Crippen LogP contribution < -0.4 is 5.32 Å². The lowest BCUT2D eigenvalue weighted by Crippen LogP contribution is -2.24. The van der Waals surface area contributed by atoms with Crippen LogP contribution in [0.2, 0.25) is 10.0 Å². The number of aliphatic hydroxyl groups is 1. The van der Waals surface area contributed by atoms with Crippen molar-refractivity contribution in [1.29, 1.82) is 0 Å². The Bertz CT molecular complexity index is 601. The molecule has 1 atom stereocenters. The van der Waals surface area contributed by atoms with Gasteiger partial charge in [-0.05, 0) is 49.2 Å². The van der Waals surface area contributed by atoms with Crippen LogP contribution in [0.15, 0.2) is 42.5 Å². The summed E-state index contributed by atoms with van der Waals surface area (Å²) in [6, 6.07) is 13.4. The first-order chi connectivity index (χ1) is 10.1. The zero-order valence-electron chi connectivity index (χ0n) is 11.9. The van der Waals surface area contributed by atoms with Gasteiger partial charge in [-0.25, -0.2) is 0 Å². The van der Waals surface area contributed by atoms with Gasteiger partial charge in [-0.2, -0.15) is 0 Å². The summed E-state index contributed by atoms with van der Waals surface area (Å²) in [6.45, 7) is 3.36. The number of hydrogen-bond acceptors (Lipinski definition) is 2. The number of aryl methyl sites for hydroxylation is 1. The molecule has 0 aliphatic carbocycles. The molecule has 0 aromatic heterocycles. The molecule has 0 aliphatic heterocycles. The number of benzene rings is 2. The summed E-state index contributed by atoms with van der Waals surface area (Å²) in [4.78, 5) is 0. The molecule has 21 heavy (non-hydrogen) atoms. The van der Waals surface area contributed by atoms with Crippen LogP contribution in [0.1, 0.15) is 22.8 Å². The van der Waals surface area contributed by atoms with E-state index in [0.717, 1.165) is 13.0 Å². The van der Waals surface area contributed by atoms with Crippen LogP contribution in [0.4, 0.5) is 0 Å². The van der Waals surface area contributed by atoms with Crippen molar-refractivity contribution in [2.24, 2.45) is 0 Å². The summed E-state index contributed by atoms with van der Waals surface area (Å²) in [5, 5.41) is 14.5. The molecule has 0 bridgehead atoms. The van der Waals surface area contributed by atoms with Crippen LogP contribution in [-0.4, -0.2) is 18.2 Å². The second-order valence-electron chi connectivity index (χ2n) is 5.06. The Hall–Kier alpha value is -1.06. The van der Waals surface area contributed by atoms with Gasteiger partial charge >= 0.3 is 0 Å². The number of rotatable bonds is 6. The molecule has 1 unspecified atom stereocenters. The maximum absolute atomic E-state index is 10.2. The Kier molecular flexibility index (Phi) is 6.07. The molecule has 2 nitrogen and oxygen atoms in total. The summed E-state index contributed by atoms with van der Waals surface area (Å²) >= 11 is 12.0. The lowest BCUT2D eigenvalue weighted by Gasteiger charge is -2.14. The zero-order valence-corrected chi connectivity index (χ0v) is 13.5. The number of hydrogen-bond donors (Lipinski definition) is 2. The molecular weight excluding hydrogens is 305 g/mol. The molecule has 112 valence electrons. The van der Waals surface area contributed by atoms with Crippen LogP contribution in [0.5, 0.6) is 0 Å². The van der Waals surface area contributed by atoms with Crippen molar-refractivity contribution in [1.82, 2.24) is 5.32 Å². The smallest absolute Gasteiger partial charge is 0.0929 e. The summed E-state index contributed by atoms with van der Waals surface area (Å²) in [6.07, 6.45) is 0.274. The van der Waals surface area contributed by atoms with Crippen molar-refractivity contribution in [3.8, 4) is 0 Å². The highest BCUT2D eigenvalue weighted by Gasteiger charge is 2.11. The maximum atomic E-state index is 10.2. The van der Waals surface area contributed by atoms with Crippen molar-refractivity contribution in [2.45, 2.75) is 19.4 Å². The second kappa shape index (κ2) is 7.81. The third kappa shape index (κ3) is 4.72. The average Bonchev–Trinajstić information content (AvgIpc) is 2.47. The van der Waals surface area contributed by atoms with E-state index in [1.165, 1.54) is 11.1 Å². The van der Waals surface area contributed by atoms with Gasteiger partial charge in [0.05, 0.1) is 6.10 Å². The molecule has 0 radical (unpaired) electrons. The third-order valence-corrected chi connectivity index (χ3v) is 4.07. The van der Waals surface area contributed by atoms with Crippen LogP contribution in [-0.2, 0) is 6.42 Å². The first-order valence-electron chi connectivity index (χ1n) is 6.96. The van der Waals surface area contributed by atoms with Crippen molar-refractivity contribution >= 4 is 23.2 Å². The Morgan fingerprint density at radius 3 is 2.67 bits per heavy atom. The summed E-state index contributed by atoms with van der Waals surface area (Å²) < 4.78 is 0. The quantitative estimate of drug-likeness (QED) is 0.782. The van der Waals surface area contributed by atoms with Crippen molar-refractivity contribution in [3.63, 3.8) is 0 Å². The standard InChI is InChI=1S/C17H19Cl2NO/c1-12-4-2-3-5-13(12)8-9-20-11-17(21)15-10-14(18)6-7-16(15)19/h2-7,10,17,20-21H,8-9,11H2,1H3. The topological polar surface area (TPSA) is 32.3 Å². The molecular formula is C17H19Cl2NO. The van der Waals surface area contributed by atoms with Crippen molar-refractivity contribution in [3.05, 3.63) is 69.2 Å². The van der Waals surface area contributed by atoms with Crippen LogP contribution >= 0.6 is 23.2 Å². The molecule has 0 heterocycles. The van der Waals surface area contributed by atoms with E-state index in [4.69, 9.17) is 23.2 Å². The first kappa shape index (κ1) is 16.3. The molecule has 2 aromatic carbocycles. The predicted molar refractivity (Wildman–Crippen MR) is 89.2 cm³/mol. The Labute approximate surface area is 135 Å². The van der Waals surface area contributed by atoms with E-state index in [-0.39, 0.29) is 0 Å². The fourth-order valence-electron chi connectivity index (χ4n) is 2.23. The summed E-state index contributed by atoms with van der Waals surface area (Å²) in [5.74, 6) is 0. The minimum absolute atomic E-state index is 0.450. The molecule has 2 rings (SSSR count). The van der Waals surface area contributed by atoms with E-state index in [9.17, 15) is 5.11 Å². The van der Waals surface area contributed by atoms with Crippen LogP contribution in [0.3, 0.4) is 0 Å². The van der Waals surface area contributed by atoms with Gasteiger partial charge < -0.3 is 10.4 Å². The molecule has 0 aliphatic rings. The first-order valence-corrected chi connectivity index (χ1v) is 7.72. The third-order valence-electron chi connectivity index (χ3n) is 3.49. The lowest BCUT2D eigenvalue weighted by atomic mass is 10.1. The van der Waals surface area contributed by atoms with Gasteiger partial charge in [0.2, 0.25) is 0 Å².